The lowest BCUT2D eigenvalue weighted by molar-refractivity contribution is 0.244. The van der Waals surface area contributed by atoms with Crippen LogP contribution < -0.4 is 0 Å². The second-order valence-electron chi connectivity index (χ2n) is 4.43. The second kappa shape index (κ2) is 10.1. The summed E-state index contributed by atoms with van der Waals surface area (Å²) in [6, 6.07) is 0. The highest BCUT2D eigenvalue weighted by Crippen LogP contribution is 2.34. The molecule has 0 radical (unpaired) electrons. The molecule has 0 unspecified atom stereocenters. The van der Waals surface area contributed by atoms with E-state index in [4.69, 9.17) is 0 Å². The molecular formula is C13H30. The van der Waals surface area contributed by atoms with Crippen LogP contribution in [0.25, 0.3) is 0 Å². The Morgan fingerprint density at radius 3 is 1.31 bits per heavy atom. The third-order valence-corrected chi connectivity index (χ3v) is 2.21. The summed E-state index contributed by atoms with van der Waals surface area (Å²) in [6.45, 7) is 13.0. The van der Waals surface area contributed by atoms with Gasteiger partial charge in [-0.2, -0.15) is 0 Å². The standard InChI is InChI=1S/C8H16.C3H8.C2H6/c1-8(2)6-4-3-5-7-8;1-3-2;1-2/h3-7H2,1-2H3;3H2,1-2H3;1-2H3. The lowest BCUT2D eigenvalue weighted by atomic mass is 9.78. The molecule has 1 fully saturated rings. The first-order valence-electron chi connectivity index (χ1n) is 6.12. The lowest BCUT2D eigenvalue weighted by Crippen LogP contribution is -2.14. The Morgan fingerprint density at radius 2 is 1.15 bits per heavy atom. The minimum atomic E-state index is 0.679. The molecule has 1 saturated carbocycles. The molecule has 1 aliphatic rings. The van der Waals surface area contributed by atoms with Gasteiger partial charge >= 0.3 is 0 Å². The van der Waals surface area contributed by atoms with Crippen molar-refractivity contribution in [1.29, 1.82) is 0 Å². The van der Waals surface area contributed by atoms with Crippen molar-refractivity contribution in [2.45, 2.75) is 80.1 Å². The first-order valence-corrected chi connectivity index (χ1v) is 6.12. The van der Waals surface area contributed by atoms with Crippen molar-refractivity contribution < 1.29 is 0 Å². The van der Waals surface area contributed by atoms with E-state index in [1.807, 2.05) is 13.8 Å². The molecule has 0 aromatic rings. The minimum absolute atomic E-state index is 0.679. The number of hydrogen-bond donors (Lipinski definition) is 0. The third kappa shape index (κ3) is 12.0. The molecule has 0 heteroatoms. The van der Waals surface area contributed by atoms with E-state index in [9.17, 15) is 0 Å². The molecule has 82 valence electrons. The molecular weight excluding hydrogens is 156 g/mol. The van der Waals surface area contributed by atoms with E-state index in [2.05, 4.69) is 27.7 Å². The molecule has 0 aromatic heterocycles. The van der Waals surface area contributed by atoms with Gasteiger partial charge in [0.15, 0.2) is 0 Å². The molecule has 0 atom stereocenters. The average molecular weight is 186 g/mol. The summed E-state index contributed by atoms with van der Waals surface area (Å²) in [5.41, 5.74) is 0.679. The van der Waals surface area contributed by atoms with Crippen LogP contribution in [0.5, 0.6) is 0 Å². The normalized spacial score (nSPS) is 18.9. The second-order valence-corrected chi connectivity index (χ2v) is 4.43. The van der Waals surface area contributed by atoms with Gasteiger partial charge in [-0.3, -0.25) is 0 Å². The molecule has 0 spiro atoms. The molecule has 0 nitrogen and oxygen atoms in total. The number of hydrogen-bond acceptors (Lipinski definition) is 0. The summed E-state index contributed by atoms with van der Waals surface area (Å²) < 4.78 is 0. The zero-order valence-electron chi connectivity index (χ0n) is 10.7. The summed E-state index contributed by atoms with van der Waals surface area (Å²) in [5, 5.41) is 0. The fourth-order valence-corrected chi connectivity index (χ4v) is 1.51. The van der Waals surface area contributed by atoms with Gasteiger partial charge in [0.2, 0.25) is 0 Å². The van der Waals surface area contributed by atoms with E-state index in [1.165, 1.54) is 38.5 Å². The quantitative estimate of drug-likeness (QED) is 0.474. The van der Waals surface area contributed by atoms with Crippen LogP contribution in [0.1, 0.15) is 80.1 Å². The predicted molar refractivity (Wildman–Crippen MR) is 64.2 cm³/mol. The Balaban J connectivity index is 0. The van der Waals surface area contributed by atoms with Crippen LogP contribution in [0.4, 0.5) is 0 Å². The topological polar surface area (TPSA) is 0 Å². The Labute approximate surface area is 86.1 Å². The maximum absolute atomic E-state index is 2.38. The van der Waals surface area contributed by atoms with Crippen molar-refractivity contribution in [3.8, 4) is 0 Å². The molecule has 1 aliphatic carbocycles. The molecule has 13 heavy (non-hydrogen) atoms. The van der Waals surface area contributed by atoms with Gasteiger partial charge in [-0.15, -0.1) is 0 Å². The maximum atomic E-state index is 2.38. The highest BCUT2D eigenvalue weighted by molar-refractivity contribution is 4.72. The van der Waals surface area contributed by atoms with E-state index in [0.29, 0.717) is 5.41 Å². The summed E-state index contributed by atoms with van der Waals surface area (Å²) >= 11 is 0. The van der Waals surface area contributed by atoms with E-state index in [0.717, 1.165) is 0 Å². The summed E-state index contributed by atoms with van der Waals surface area (Å²) in [6.07, 6.45) is 8.56. The minimum Gasteiger partial charge on any atom is -0.0683 e. The third-order valence-electron chi connectivity index (χ3n) is 2.21. The molecule has 0 N–H and O–H groups in total. The first kappa shape index (κ1) is 15.5. The fraction of sp³-hybridized carbons (Fsp3) is 1.00. The monoisotopic (exact) mass is 186 g/mol. The van der Waals surface area contributed by atoms with Crippen LogP contribution in [0, 0.1) is 5.41 Å². The molecule has 0 saturated heterocycles. The van der Waals surface area contributed by atoms with Crippen LogP contribution in [0.3, 0.4) is 0 Å². The van der Waals surface area contributed by atoms with Gasteiger partial charge in [-0.1, -0.05) is 67.2 Å². The number of rotatable bonds is 0. The van der Waals surface area contributed by atoms with Crippen LogP contribution in [-0.4, -0.2) is 0 Å². The van der Waals surface area contributed by atoms with E-state index in [-0.39, 0.29) is 0 Å². The van der Waals surface area contributed by atoms with Crippen molar-refractivity contribution >= 4 is 0 Å². The maximum Gasteiger partial charge on any atom is -0.0354 e. The summed E-state index contributed by atoms with van der Waals surface area (Å²) in [4.78, 5) is 0. The molecule has 0 amide bonds. The summed E-state index contributed by atoms with van der Waals surface area (Å²) in [5.74, 6) is 0. The van der Waals surface area contributed by atoms with Crippen molar-refractivity contribution in [3.63, 3.8) is 0 Å². The zero-order chi connectivity index (χ0) is 10.7. The van der Waals surface area contributed by atoms with Crippen molar-refractivity contribution in [1.82, 2.24) is 0 Å². The molecule has 1 rings (SSSR count). The van der Waals surface area contributed by atoms with E-state index < -0.39 is 0 Å². The van der Waals surface area contributed by atoms with Gasteiger partial charge in [0, 0.05) is 0 Å². The van der Waals surface area contributed by atoms with Gasteiger partial charge in [0.25, 0.3) is 0 Å². The van der Waals surface area contributed by atoms with Gasteiger partial charge in [-0.25, -0.2) is 0 Å². The van der Waals surface area contributed by atoms with Gasteiger partial charge in [0.05, 0.1) is 0 Å². The lowest BCUT2D eigenvalue weighted by Gasteiger charge is -2.28. The Bertz CT molecular complexity index is 74.0. The van der Waals surface area contributed by atoms with Crippen LogP contribution in [-0.2, 0) is 0 Å². The smallest absolute Gasteiger partial charge is 0.0354 e. The van der Waals surface area contributed by atoms with Gasteiger partial charge < -0.3 is 0 Å². The Morgan fingerprint density at radius 1 is 0.846 bits per heavy atom. The van der Waals surface area contributed by atoms with Gasteiger partial charge in [0.1, 0.15) is 0 Å². The van der Waals surface area contributed by atoms with Crippen molar-refractivity contribution in [2.24, 2.45) is 5.41 Å². The zero-order valence-corrected chi connectivity index (χ0v) is 10.7. The SMILES string of the molecule is CC.CC1(C)CCCCC1.CCC. The molecule has 0 aliphatic heterocycles. The van der Waals surface area contributed by atoms with Gasteiger partial charge in [-0.05, 0) is 18.3 Å². The molecule has 0 bridgehead atoms. The average Bonchev–Trinajstić information content (AvgIpc) is 2.09. The molecule has 0 heterocycles. The highest BCUT2D eigenvalue weighted by atomic mass is 14.3. The van der Waals surface area contributed by atoms with Crippen LogP contribution in [0.15, 0.2) is 0 Å². The van der Waals surface area contributed by atoms with Crippen LogP contribution >= 0.6 is 0 Å². The van der Waals surface area contributed by atoms with E-state index in [1.54, 1.807) is 0 Å². The Kier molecular flexibility index (Phi) is 12.0. The molecule has 0 aromatic carbocycles. The van der Waals surface area contributed by atoms with Crippen molar-refractivity contribution in [3.05, 3.63) is 0 Å². The Hall–Kier alpha value is 0. The predicted octanol–water partition coefficient (Wildman–Crippen LogP) is 5.42. The first-order chi connectivity index (χ1) is 6.12. The fourth-order valence-electron chi connectivity index (χ4n) is 1.51. The highest BCUT2D eigenvalue weighted by Gasteiger charge is 2.19. The largest absolute Gasteiger partial charge is 0.0683 e. The summed E-state index contributed by atoms with van der Waals surface area (Å²) in [7, 11) is 0. The van der Waals surface area contributed by atoms with Crippen molar-refractivity contribution in [2.75, 3.05) is 0 Å². The van der Waals surface area contributed by atoms with E-state index >= 15 is 0 Å². The van der Waals surface area contributed by atoms with Crippen LogP contribution in [0.2, 0.25) is 0 Å².